The number of fused-ring (bicyclic) bond motifs is 1. The second-order valence-electron chi connectivity index (χ2n) is 4.26. The van der Waals surface area contributed by atoms with E-state index >= 15 is 0 Å². The van der Waals surface area contributed by atoms with Crippen molar-refractivity contribution in [1.82, 2.24) is 14.6 Å². The van der Waals surface area contributed by atoms with Crippen LogP contribution >= 0.6 is 31.9 Å². The molecular formula is C11H10Br2N4O. The number of pyridine rings is 1. The smallest absolute Gasteiger partial charge is 0.252 e. The summed E-state index contributed by atoms with van der Waals surface area (Å²) in [5.74, 6) is 0.911. The first kappa shape index (κ1) is 12.1. The fourth-order valence-electron chi connectivity index (χ4n) is 2.05. The fourth-order valence-corrected chi connectivity index (χ4v) is 2.90. The quantitative estimate of drug-likeness (QED) is 0.599. The molecule has 2 aromatic heterocycles. The van der Waals surface area contributed by atoms with Crippen LogP contribution in [0.15, 0.2) is 22.8 Å². The van der Waals surface area contributed by atoms with E-state index in [0.717, 1.165) is 15.6 Å². The van der Waals surface area contributed by atoms with Crippen molar-refractivity contribution in [2.24, 2.45) is 5.92 Å². The molecule has 0 aromatic carbocycles. The number of amides is 1. The van der Waals surface area contributed by atoms with Gasteiger partial charge in [-0.15, -0.1) is 5.10 Å². The predicted molar refractivity (Wildman–Crippen MR) is 74.9 cm³/mol. The van der Waals surface area contributed by atoms with Gasteiger partial charge in [-0.2, -0.15) is 4.98 Å². The largest absolute Gasteiger partial charge is 0.279 e. The van der Waals surface area contributed by atoms with Gasteiger partial charge in [0.25, 0.3) is 5.95 Å². The summed E-state index contributed by atoms with van der Waals surface area (Å²) in [7, 11) is 0. The first-order valence-corrected chi connectivity index (χ1v) is 7.48. The monoisotopic (exact) mass is 372 g/mol. The predicted octanol–water partition coefficient (Wildman–Crippen LogP) is 2.24. The van der Waals surface area contributed by atoms with Gasteiger partial charge in [0.1, 0.15) is 4.60 Å². The minimum absolute atomic E-state index is 0.0893. The molecule has 3 heterocycles. The summed E-state index contributed by atoms with van der Waals surface area (Å²) in [6.45, 7) is 0.679. The molecule has 1 fully saturated rings. The van der Waals surface area contributed by atoms with Gasteiger partial charge in [0.2, 0.25) is 5.91 Å². The molecule has 0 bridgehead atoms. The lowest BCUT2D eigenvalue weighted by atomic mass is 10.2. The summed E-state index contributed by atoms with van der Waals surface area (Å²) in [5, 5.41) is 5.19. The molecule has 0 N–H and O–H groups in total. The summed E-state index contributed by atoms with van der Waals surface area (Å²) in [6.07, 6.45) is 0.558. The number of nitrogens with zero attached hydrogens (tertiary/aromatic N) is 4. The van der Waals surface area contributed by atoms with Crippen LogP contribution in [0.5, 0.6) is 0 Å². The number of carbonyl (C=O) groups is 1. The molecule has 3 rings (SSSR count). The van der Waals surface area contributed by atoms with Crippen LogP contribution in [0, 0.1) is 5.92 Å². The number of anilines is 1. The van der Waals surface area contributed by atoms with E-state index in [9.17, 15) is 4.79 Å². The van der Waals surface area contributed by atoms with Crippen molar-refractivity contribution in [3.05, 3.63) is 22.8 Å². The van der Waals surface area contributed by atoms with Crippen molar-refractivity contribution in [3.8, 4) is 0 Å². The van der Waals surface area contributed by atoms with E-state index in [1.807, 2.05) is 18.2 Å². The van der Waals surface area contributed by atoms with Gasteiger partial charge in [-0.1, -0.05) is 22.0 Å². The Morgan fingerprint density at radius 2 is 2.28 bits per heavy atom. The Labute approximate surface area is 120 Å². The highest BCUT2D eigenvalue weighted by Crippen LogP contribution is 2.24. The molecular weight excluding hydrogens is 364 g/mol. The van der Waals surface area contributed by atoms with E-state index in [1.165, 1.54) is 0 Å². The number of rotatable bonds is 2. The molecule has 0 spiro atoms. The maximum Gasteiger partial charge on any atom is 0.252 e. The Kier molecular flexibility index (Phi) is 3.11. The van der Waals surface area contributed by atoms with Crippen molar-refractivity contribution in [1.29, 1.82) is 0 Å². The minimum atomic E-state index is 0.0893. The van der Waals surface area contributed by atoms with Gasteiger partial charge < -0.3 is 0 Å². The molecule has 1 amide bonds. The molecule has 7 heteroatoms. The lowest BCUT2D eigenvalue weighted by Crippen LogP contribution is -2.25. The van der Waals surface area contributed by atoms with Crippen LogP contribution in [0.4, 0.5) is 5.95 Å². The molecule has 18 heavy (non-hydrogen) atoms. The third-order valence-corrected chi connectivity index (χ3v) is 4.48. The number of aromatic nitrogens is 3. The Balaban J connectivity index is 2.00. The van der Waals surface area contributed by atoms with Gasteiger partial charge in [-0.25, -0.2) is 4.52 Å². The van der Waals surface area contributed by atoms with Crippen LogP contribution in [-0.4, -0.2) is 32.4 Å². The second kappa shape index (κ2) is 4.62. The number of alkyl halides is 1. The normalized spacial score (nSPS) is 20.0. The van der Waals surface area contributed by atoms with Gasteiger partial charge in [-0.05, 0) is 34.0 Å². The Morgan fingerprint density at radius 3 is 2.94 bits per heavy atom. The van der Waals surface area contributed by atoms with E-state index in [4.69, 9.17) is 0 Å². The minimum Gasteiger partial charge on any atom is -0.279 e. The van der Waals surface area contributed by atoms with Gasteiger partial charge in [0.15, 0.2) is 5.65 Å². The number of hydrogen-bond donors (Lipinski definition) is 0. The third kappa shape index (κ3) is 1.95. The maximum atomic E-state index is 11.9. The van der Waals surface area contributed by atoms with Gasteiger partial charge in [-0.3, -0.25) is 9.69 Å². The van der Waals surface area contributed by atoms with Crippen molar-refractivity contribution in [3.63, 3.8) is 0 Å². The van der Waals surface area contributed by atoms with Crippen LogP contribution in [0.25, 0.3) is 5.65 Å². The average molecular weight is 374 g/mol. The van der Waals surface area contributed by atoms with E-state index in [0.29, 0.717) is 24.8 Å². The maximum absolute atomic E-state index is 11.9. The molecule has 1 aliphatic rings. The summed E-state index contributed by atoms with van der Waals surface area (Å²) < 4.78 is 2.51. The Bertz CT molecular complexity index is 612. The van der Waals surface area contributed by atoms with Gasteiger partial charge >= 0.3 is 0 Å². The highest BCUT2D eigenvalue weighted by atomic mass is 79.9. The lowest BCUT2D eigenvalue weighted by Gasteiger charge is -2.10. The van der Waals surface area contributed by atoms with Crippen LogP contribution in [-0.2, 0) is 4.79 Å². The first-order valence-electron chi connectivity index (χ1n) is 5.56. The van der Waals surface area contributed by atoms with E-state index < -0.39 is 0 Å². The van der Waals surface area contributed by atoms with Crippen LogP contribution in [0.3, 0.4) is 0 Å². The molecule has 2 aromatic rings. The molecule has 94 valence electrons. The van der Waals surface area contributed by atoms with Crippen molar-refractivity contribution < 1.29 is 4.79 Å². The standard InChI is InChI=1S/C11H10Br2N4O/c12-5-7-4-10(18)16(6-7)11-14-9-3-1-2-8(13)17(9)15-11/h1-3,7H,4-6H2. The highest BCUT2D eigenvalue weighted by Gasteiger charge is 2.32. The highest BCUT2D eigenvalue weighted by molar-refractivity contribution is 9.10. The second-order valence-corrected chi connectivity index (χ2v) is 5.72. The topological polar surface area (TPSA) is 50.5 Å². The molecule has 1 unspecified atom stereocenters. The van der Waals surface area contributed by atoms with Crippen LogP contribution < -0.4 is 4.90 Å². The summed E-state index contributed by atoms with van der Waals surface area (Å²) >= 11 is 6.83. The first-order chi connectivity index (χ1) is 8.69. The fraction of sp³-hybridized carbons (Fsp3) is 0.364. The molecule has 1 aliphatic heterocycles. The molecule has 0 radical (unpaired) electrons. The van der Waals surface area contributed by atoms with Gasteiger partial charge in [0, 0.05) is 18.3 Å². The lowest BCUT2D eigenvalue weighted by molar-refractivity contribution is -0.117. The van der Waals surface area contributed by atoms with Crippen molar-refractivity contribution in [2.45, 2.75) is 6.42 Å². The molecule has 1 atom stereocenters. The van der Waals surface area contributed by atoms with E-state index in [1.54, 1.807) is 9.42 Å². The summed E-state index contributed by atoms with van der Waals surface area (Å²) in [5.41, 5.74) is 0.731. The van der Waals surface area contributed by atoms with E-state index in [2.05, 4.69) is 41.9 Å². The Hall–Kier alpha value is -0.950. The Morgan fingerprint density at radius 1 is 1.44 bits per heavy atom. The van der Waals surface area contributed by atoms with Crippen LogP contribution in [0.2, 0.25) is 0 Å². The van der Waals surface area contributed by atoms with Crippen LogP contribution in [0.1, 0.15) is 6.42 Å². The zero-order chi connectivity index (χ0) is 12.7. The third-order valence-electron chi connectivity index (χ3n) is 2.97. The number of halogens is 2. The summed E-state index contributed by atoms with van der Waals surface area (Å²) in [6, 6.07) is 5.65. The molecule has 0 saturated carbocycles. The number of carbonyl (C=O) groups excluding carboxylic acids is 1. The zero-order valence-electron chi connectivity index (χ0n) is 9.38. The molecule has 1 saturated heterocycles. The van der Waals surface area contributed by atoms with Crippen molar-refractivity contribution >= 4 is 49.4 Å². The molecule has 0 aliphatic carbocycles. The summed E-state index contributed by atoms with van der Waals surface area (Å²) in [4.78, 5) is 18.0. The SMILES string of the molecule is O=C1CC(CBr)CN1c1nc2cccc(Br)n2n1. The van der Waals surface area contributed by atoms with Crippen molar-refractivity contribution in [2.75, 3.05) is 16.8 Å². The number of hydrogen-bond acceptors (Lipinski definition) is 3. The average Bonchev–Trinajstić information content (AvgIpc) is 2.93. The zero-order valence-corrected chi connectivity index (χ0v) is 12.6. The van der Waals surface area contributed by atoms with E-state index in [-0.39, 0.29) is 5.91 Å². The van der Waals surface area contributed by atoms with Gasteiger partial charge in [0.05, 0.1) is 0 Å². The molecule has 5 nitrogen and oxygen atoms in total.